The Morgan fingerprint density at radius 2 is 1.62 bits per heavy atom. The van der Waals surface area contributed by atoms with Crippen LogP contribution in [0, 0.1) is 10.1 Å². The number of carbonyl (C=O) groups excluding carboxylic acids is 1. The molecule has 3 aromatic rings. The minimum atomic E-state index is -0.504. The fourth-order valence-corrected chi connectivity index (χ4v) is 3.97. The fourth-order valence-electron chi connectivity index (χ4n) is 3.97. The third-order valence-electron chi connectivity index (χ3n) is 5.74. The van der Waals surface area contributed by atoms with Crippen molar-refractivity contribution in [1.82, 2.24) is 4.90 Å². The van der Waals surface area contributed by atoms with Gasteiger partial charge in [0.2, 0.25) is 0 Å². The van der Waals surface area contributed by atoms with Gasteiger partial charge in [0.1, 0.15) is 17.2 Å². The van der Waals surface area contributed by atoms with Crippen molar-refractivity contribution in [2.24, 2.45) is 0 Å². The highest BCUT2D eigenvalue weighted by Crippen LogP contribution is 2.33. The molecular weight excluding hydrogens is 408 g/mol. The van der Waals surface area contributed by atoms with Crippen LogP contribution in [0.5, 0.6) is 17.2 Å². The van der Waals surface area contributed by atoms with Crippen molar-refractivity contribution in [1.29, 1.82) is 0 Å². The molecule has 0 N–H and O–H groups in total. The molecule has 7 nitrogen and oxygen atoms in total. The highest BCUT2D eigenvalue weighted by atomic mass is 16.6. The Morgan fingerprint density at radius 3 is 2.25 bits per heavy atom. The average Bonchev–Trinajstić information content (AvgIpc) is 2.85. The van der Waals surface area contributed by atoms with Gasteiger partial charge in [0.25, 0.3) is 11.6 Å². The lowest BCUT2D eigenvalue weighted by atomic mass is 9.89. The van der Waals surface area contributed by atoms with E-state index in [2.05, 4.69) is 12.1 Å². The Morgan fingerprint density at radius 1 is 0.969 bits per heavy atom. The molecule has 1 amide bonds. The average molecular weight is 432 g/mol. The molecule has 4 rings (SSSR count). The summed E-state index contributed by atoms with van der Waals surface area (Å²) in [5.74, 6) is 1.62. The lowest BCUT2D eigenvalue weighted by Gasteiger charge is -2.32. The number of hydrogen-bond acceptors (Lipinski definition) is 5. The molecule has 0 spiro atoms. The van der Waals surface area contributed by atoms with Gasteiger partial charge in [0, 0.05) is 25.2 Å². The zero-order valence-corrected chi connectivity index (χ0v) is 17.8. The Balaban J connectivity index is 1.54. The lowest BCUT2D eigenvalue weighted by Crippen LogP contribution is -2.38. The van der Waals surface area contributed by atoms with Crippen LogP contribution < -0.4 is 9.47 Å². The van der Waals surface area contributed by atoms with Gasteiger partial charge in [-0.15, -0.1) is 0 Å². The number of benzene rings is 3. The first kappa shape index (κ1) is 21.4. The minimum absolute atomic E-state index is 0.144. The van der Waals surface area contributed by atoms with Crippen molar-refractivity contribution in [3.8, 4) is 17.2 Å². The Labute approximate surface area is 186 Å². The molecule has 7 heteroatoms. The second kappa shape index (κ2) is 9.51. The van der Waals surface area contributed by atoms with E-state index >= 15 is 0 Å². The quantitative estimate of drug-likeness (QED) is 0.384. The number of carbonyl (C=O) groups is 1. The van der Waals surface area contributed by atoms with Crippen molar-refractivity contribution in [2.75, 3.05) is 20.2 Å². The number of ether oxygens (including phenoxy) is 2. The zero-order chi connectivity index (χ0) is 22.5. The molecule has 0 bridgehead atoms. The summed E-state index contributed by atoms with van der Waals surface area (Å²) in [5.41, 5.74) is 1.32. The van der Waals surface area contributed by atoms with E-state index < -0.39 is 4.92 Å². The van der Waals surface area contributed by atoms with Gasteiger partial charge < -0.3 is 14.4 Å². The third-order valence-corrected chi connectivity index (χ3v) is 5.74. The van der Waals surface area contributed by atoms with Gasteiger partial charge >= 0.3 is 0 Å². The number of rotatable bonds is 6. The predicted octanol–water partition coefficient (Wildman–Crippen LogP) is 5.42. The van der Waals surface area contributed by atoms with Crippen LogP contribution in [0.25, 0.3) is 0 Å². The maximum Gasteiger partial charge on any atom is 0.270 e. The number of nitro groups is 1. The maximum atomic E-state index is 13.3. The van der Waals surface area contributed by atoms with E-state index in [0.717, 1.165) is 12.8 Å². The van der Waals surface area contributed by atoms with Crippen molar-refractivity contribution >= 4 is 11.6 Å². The summed E-state index contributed by atoms with van der Waals surface area (Å²) in [7, 11) is 1.57. The molecule has 1 aliphatic heterocycles. The first-order valence-electron chi connectivity index (χ1n) is 10.5. The second-order valence-corrected chi connectivity index (χ2v) is 7.69. The molecule has 1 fully saturated rings. The van der Waals surface area contributed by atoms with Gasteiger partial charge in [0.05, 0.1) is 17.6 Å². The number of piperidine rings is 1. The summed E-state index contributed by atoms with van der Waals surface area (Å²) in [6.45, 7) is 1.17. The summed E-state index contributed by atoms with van der Waals surface area (Å²) in [5, 5.41) is 11.3. The maximum absolute atomic E-state index is 13.3. The minimum Gasteiger partial charge on any atom is -0.497 e. The monoisotopic (exact) mass is 432 g/mol. The molecule has 1 heterocycles. The fraction of sp³-hybridized carbons (Fsp3) is 0.240. The van der Waals surface area contributed by atoms with Crippen molar-refractivity contribution in [3.63, 3.8) is 0 Å². The van der Waals surface area contributed by atoms with E-state index in [0.29, 0.717) is 30.5 Å². The number of methoxy groups -OCH3 is 1. The molecule has 1 saturated heterocycles. The predicted molar refractivity (Wildman–Crippen MR) is 120 cm³/mol. The van der Waals surface area contributed by atoms with Crippen LogP contribution >= 0.6 is 0 Å². The third kappa shape index (κ3) is 4.72. The number of likely N-dealkylation sites (tertiary alicyclic amines) is 1. The highest BCUT2D eigenvalue weighted by Gasteiger charge is 2.27. The first-order valence-corrected chi connectivity index (χ1v) is 10.5. The molecule has 164 valence electrons. The van der Waals surface area contributed by atoms with Gasteiger partial charge in [-0.05, 0) is 54.7 Å². The van der Waals surface area contributed by atoms with E-state index in [9.17, 15) is 14.9 Å². The SMILES string of the molecule is COc1ccc(Oc2ccc([N+](=O)[O-])cc2C(=O)N2CCC(c3ccccc3)CC2)cc1. The Hall–Kier alpha value is -3.87. The largest absolute Gasteiger partial charge is 0.497 e. The molecule has 0 unspecified atom stereocenters. The number of nitro benzene ring substituents is 1. The Bertz CT molecular complexity index is 1090. The van der Waals surface area contributed by atoms with Gasteiger partial charge in [-0.2, -0.15) is 0 Å². The number of hydrogen-bond donors (Lipinski definition) is 0. The van der Waals surface area contributed by atoms with Crippen molar-refractivity contribution in [3.05, 3.63) is 94.0 Å². The summed E-state index contributed by atoms with van der Waals surface area (Å²) < 4.78 is 11.1. The summed E-state index contributed by atoms with van der Waals surface area (Å²) >= 11 is 0. The highest BCUT2D eigenvalue weighted by molar-refractivity contribution is 5.97. The zero-order valence-electron chi connectivity index (χ0n) is 17.8. The number of nitrogens with zero attached hydrogens (tertiary/aromatic N) is 2. The lowest BCUT2D eigenvalue weighted by molar-refractivity contribution is -0.384. The van der Waals surface area contributed by atoms with Gasteiger partial charge in [-0.1, -0.05) is 30.3 Å². The van der Waals surface area contributed by atoms with E-state index in [4.69, 9.17) is 9.47 Å². The Kier molecular flexibility index (Phi) is 6.35. The first-order chi connectivity index (χ1) is 15.5. The van der Waals surface area contributed by atoms with Crippen LogP contribution in [0.3, 0.4) is 0 Å². The van der Waals surface area contributed by atoms with Crippen LogP contribution in [-0.4, -0.2) is 35.9 Å². The summed E-state index contributed by atoms with van der Waals surface area (Å²) in [6, 6.07) is 21.3. The van der Waals surface area contributed by atoms with Crippen LogP contribution in [0.2, 0.25) is 0 Å². The van der Waals surface area contributed by atoms with Gasteiger partial charge in [-0.3, -0.25) is 14.9 Å². The standard InChI is InChI=1S/C25H24N2O5/c1-31-21-8-10-22(11-9-21)32-24-12-7-20(27(29)30)17-23(24)25(28)26-15-13-19(14-16-26)18-5-3-2-4-6-18/h2-12,17,19H,13-16H2,1H3. The molecule has 0 saturated carbocycles. The van der Waals surface area contributed by atoms with E-state index in [1.807, 2.05) is 18.2 Å². The van der Waals surface area contributed by atoms with Crippen LogP contribution in [0.15, 0.2) is 72.8 Å². The summed E-state index contributed by atoms with van der Waals surface area (Å²) in [4.78, 5) is 25.9. The molecule has 0 atom stereocenters. The molecule has 0 aromatic heterocycles. The molecule has 0 radical (unpaired) electrons. The normalized spacial score (nSPS) is 14.1. The van der Waals surface area contributed by atoms with Crippen LogP contribution in [0.1, 0.15) is 34.7 Å². The number of non-ortho nitro benzene ring substituents is 1. The molecule has 1 aliphatic rings. The second-order valence-electron chi connectivity index (χ2n) is 7.69. The topological polar surface area (TPSA) is 81.9 Å². The van der Waals surface area contributed by atoms with Crippen LogP contribution in [0.4, 0.5) is 5.69 Å². The molecular formula is C25H24N2O5. The van der Waals surface area contributed by atoms with Gasteiger partial charge in [-0.25, -0.2) is 0 Å². The summed E-state index contributed by atoms with van der Waals surface area (Å²) in [6.07, 6.45) is 1.69. The molecule has 32 heavy (non-hydrogen) atoms. The number of amides is 1. The van der Waals surface area contributed by atoms with E-state index in [1.165, 1.54) is 23.8 Å². The van der Waals surface area contributed by atoms with E-state index in [1.54, 1.807) is 36.3 Å². The van der Waals surface area contributed by atoms with E-state index in [-0.39, 0.29) is 22.9 Å². The molecule has 0 aliphatic carbocycles. The van der Waals surface area contributed by atoms with Crippen LogP contribution in [-0.2, 0) is 0 Å². The van der Waals surface area contributed by atoms with Crippen molar-refractivity contribution < 1.29 is 19.2 Å². The van der Waals surface area contributed by atoms with Crippen molar-refractivity contribution in [2.45, 2.75) is 18.8 Å². The smallest absolute Gasteiger partial charge is 0.270 e. The molecule has 3 aromatic carbocycles. The van der Waals surface area contributed by atoms with Gasteiger partial charge in [0.15, 0.2) is 0 Å².